The summed E-state index contributed by atoms with van der Waals surface area (Å²) in [5.41, 5.74) is 1.000. The Morgan fingerprint density at radius 1 is 1.43 bits per heavy atom. The maximum absolute atomic E-state index is 8.90. The van der Waals surface area contributed by atoms with Crippen molar-refractivity contribution in [2.24, 2.45) is 5.92 Å². The highest BCUT2D eigenvalue weighted by atomic mass is 16.3. The van der Waals surface area contributed by atoms with Gasteiger partial charge in [0.15, 0.2) is 0 Å². The van der Waals surface area contributed by atoms with Crippen molar-refractivity contribution < 1.29 is 5.11 Å². The average molecular weight is 193 g/mol. The van der Waals surface area contributed by atoms with E-state index in [1.54, 1.807) is 0 Å². The van der Waals surface area contributed by atoms with Crippen molar-refractivity contribution in [3.05, 3.63) is 17.6 Å². The van der Waals surface area contributed by atoms with Crippen molar-refractivity contribution in [2.45, 2.75) is 13.8 Å². The lowest BCUT2D eigenvalue weighted by molar-refractivity contribution is 0.200. The molecule has 1 aliphatic rings. The normalized spacial score (nSPS) is 16.9. The summed E-state index contributed by atoms with van der Waals surface area (Å²) in [6.07, 6.45) is 0. The van der Waals surface area contributed by atoms with Crippen molar-refractivity contribution in [2.75, 3.05) is 24.6 Å². The van der Waals surface area contributed by atoms with Gasteiger partial charge in [0.05, 0.1) is 0 Å². The first-order chi connectivity index (χ1) is 6.69. The number of aliphatic hydroxyl groups excluding tert-OH is 1. The van der Waals surface area contributed by atoms with Gasteiger partial charge in [-0.05, 0) is 13.8 Å². The molecule has 0 saturated carbocycles. The first kappa shape index (κ1) is 9.40. The fourth-order valence-corrected chi connectivity index (χ4v) is 1.73. The molecule has 4 heteroatoms. The highest BCUT2D eigenvalue weighted by Crippen LogP contribution is 2.22. The van der Waals surface area contributed by atoms with Gasteiger partial charge in [-0.15, -0.1) is 0 Å². The minimum Gasteiger partial charge on any atom is -0.396 e. The number of hydrogen-bond acceptors (Lipinski definition) is 4. The highest BCUT2D eigenvalue weighted by molar-refractivity contribution is 5.42. The molecule has 0 atom stereocenters. The van der Waals surface area contributed by atoms with Crippen LogP contribution in [-0.2, 0) is 0 Å². The van der Waals surface area contributed by atoms with E-state index in [0.717, 1.165) is 30.4 Å². The number of nitrogens with zero attached hydrogens (tertiary/aromatic N) is 3. The summed E-state index contributed by atoms with van der Waals surface area (Å²) >= 11 is 0. The van der Waals surface area contributed by atoms with E-state index in [2.05, 4.69) is 14.9 Å². The second-order valence-electron chi connectivity index (χ2n) is 3.87. The summed E-state index contributed by atoms with van der Waals surface area (Å²) in [6, 6.07) is 1.99. The Bertz CT molecular complexity index is 314. The van der Waals surface area contributed by atoms with Gasteiger partial charge in [0.2, 0.25) is 0 Å². The molecule has 0 aliphatic carbocycles. The molecule has 1 fully saturated rings. The average Bonchev–Trinajstić information content (AvgIpc) is 2.00. The van der Waals surface area contributed by atoms with E-state index in [4.69, 9.17) is 5.11 Å². The predicted molar refractivity (Wildman–Crippen MR) is 54.3 cm³/mol. The van der Waals surface area contributed by atoms with E-state index >= 15 is 0 Å². The predicted octanol–water partition coefficient (Wildman–Crippen LogP) is 0.522. The highest BCUT2D eigenvalue weighted by Gasteiger charge is 2.27. The minimum absolute atomic E-state index is 0.277. The minimum atomic E-state index is 0.277. The third kappa shape index (κ3) is 1.70. The Morgan fingerprint density at radius 2 is 2.14 bits per heavy atom. The van der Waals surface area contributed by atoms with Gasteiger partial charge in [0.25, 0.3) is 0 Å². The van der Waals surface area contributed by atoms with Gasteiger partial charge >= 0.3 is 0 Å². The molecule has 4 nitrogen and oxygen atoms in total. The van der Waals surface area contributed by atoms with E-state index in [-0.39, 0.29) is 6.61 Å². The third-order valence-electron chi connectivity index (χ3n) is 2.49. The quantitative estimate of drug-likeness (QED) is 0.744. The van der Waals surface area contributed by atoms with Gasteiger partial charge in [0, 0.05) is 37.4 Å². The fraction of sp³-hybridized carbons (Fsp3) is 0.600. The molecule has 0 radical (unpaired) electrons. The monoisotopic (exact) mass is 193 g/mol. The third-order valence-corrected chi connectivity index (χ3v) is 2.49. The lowest BCUT2D eigenvalue weighted by atomic mass is 10.0. The van der Waals surface area contributed by atoms with Crippen molar-refractivity contribution in [1.82, 2.24) is 9.97 Å². The molecule has 76 valence electrons. The zero-order valence-corrected chi connectivity index (χ0v) is 8.56. The van der Waals surface area contributed by atoms with Crippen LogP contribution in [0, 0.1) is 19.8 Å². The zero-order chi connectivity index (χ0) is 10.1. The smallest absolute Gasteiger partial charge is 0.132 e. The van der Waals surface area contributed by atoms with Crippen LogP contribution in [0.2, 0.25) is 0 Å². The van der Waals surface area contributed by atoms with E-state index in [1.807, 2.05) is 19.9 Å². The fourth-order valence-electron chi connectivity index (χ4n) is 1.73. The van der Waals surface area contributed by atoms with Crippen LogP contribution in [0.1, 0.15) is 11.5 Å². The van der Waals surface area contributed by atoms with Crippen molar-refractivity contribution in [3.63, 3.8) is 0 Å². The molecule has 0 unspecified atom stereocenters. The van der Waals surface area contributed by atoms with E-state index in [1.165, 1.54) is 0 Å². The Kier molecular flexibility index (Phi) is 2.37. The summed E-state index contributed by atoms with van der Waals surface area (Å²) in [6.45, 7) is 5.97. The molecule has 0 amide bonds. The topological polar surface area (TPSA) is 49.2 Å². The van der Waals surface area contributed by atoms with E-state index < -0.39 is 0 Å². The van der Waals surface area contributed by atoms with E-state index in [0.29, 0.717) is 5.92 Å². The van der Waals surface area contributed by atoms with Gasteiger partial charge in [-0.2, -0.15) is 0 Å². The summed E-state index contributed by atoms with van der Waals surface area (Å²) in [7, 11) is 0. The van der Waals surface area contributed by atoms with Gasteiger partial charge < -0.3 is 10.0 Å². The number of aromatic nitrogens is 2. The second kappa shape index (κ2) is 3.53. The van der Waals surface area contributed by atoms with Crippen molar-refractivity contribution >= 4 is 5.82 Å². The first-order valence-electron chi connectivity index (χ1n) is 4.87. The molecular formula is C10H15N3O. The van der Waals surface area contributed by atoms with Gasteiger partial charge in [-0.1, -0.05) is 0 Å². The number of hydrogen-bond donors (Lipinski definition) is 1. The van der Waals surface area contributed by atoms with Crippen LogP contribution in [0.4, 0.5) is 5.82 Å². The first-order valence-corrected chi connectivity index (χ1v) is 4.87. The van der Waals surface area contributed by atoms with Crippen LogP contribution in [0.15, 0.2) is 6.07 Å². The SMILES string of the molecule is Cc1cc(N2CC(CO)C2)nc(C)n1. The summed E-state index contributed by atoms with van der Waals surface area (Å²) in [4.78, 5) is 10.8. The molecule has 1 aromatic heterocycles. The molecule has 1 saturated heterocycles. The summed E-state index contributed by atoms with van der Waals surface area (Å²) in [5.74, 6) is 2.22. The molecule has 1 N–H and O–H groups in total. The summed E-state index contributed by atoms with van der Waals surface area (Å²) in [5, 5.41) is 8.90. The Balaban J connectivity index is 2.10. The van der Waals surface area contributed by atoms with Gasteiger partial charge in [-0.25, -0.2) is 9.97 Å². The lowest BCUT2D eigenvalue weighted by Gasteiger charge is -2.39. The maximum atomic E-state index is 8.90. The molecule has 14 heavy (non-hydrogen) atoms. The summed E-state index contributed by atoms with van der Waals surface area (Å²) < 4.78 is 0. The number of aryl methyl sites for hydroxylation is 2. The molecule has 0 spiro atoms. The van der Waals surface area contributed by atoms with E-state index in [9.17, 15) is 0 Å². The number of aliphatic hydroxyl groups is 1. The zero-order valence-electron chi connectivity index (χ0n) is 8.56. The molecule has 0 bridgehead atoms. The van der Waals surface area contributed by atoms with Crippen molar-refractivity contribution in [1.29, 1.82) is 0 Å². The van der Waals surface area contributed by atoms with Crippen LogP contribution in [0.5, 0.6) is 0 Å². The molecule has 2 rings (SSSR count). The molecule has 1 aromatic rings. The van der Waals surface area contributed by atoms with Crippen LogP contribution in [0.25, 0.3) is 0 Å². The second-order valence-corrected chi connectivity index (χ2v) is 3.87. The van der Waals surface area contributed by atoms with Crippen molar-refractivity contribution in [3.8, 4) is 0 Å². The standard InChI is InChI=1S/C10H15N3O/c1-7-3-10(12-8(2)11-7)13-4-9(5-13)6-14/h3,9,14H,4-6H2,1-2H3. The van der Waals surface area contributed by atoms with Crippen LogP contribution >= 0.6 is 0 Å². The number of anilines is 1. The Hall–Kier alpha value is -1.16. The van der Waals surface area contributed by atoms with Crippen LogP contribution in [-0.4, -0.2) is 34.8 Å². The lowest BCUT2D eigenvalue weighted by Crippen LogP contribution is -2.48. The van der Waals surface area contributed by atoms with Gasteiger partial charge in [-0.3, -0.25) is 0 Å². The molecular weight excluding hydrogens is 178 g/mol. The molecule has 0 aromatic carbocycles. The van der Waals surface area contributed by atoms with Crippen LogP contribution in [0.3, 0.4) is 0 Å². The largest absolute Gasteiger partial charge is 0.396 e. The maximum Gasteiger partial charge on any atom is 0.132 e. The molecule has 2 heterocycles. The Labute approximate surface area is 83.6 Å². The van der Waals surface area contributed by atoms with Gasteiger partial charge in [0.1, 0.15) is 11.6 Å². The Morgan fingerprint density at radius 3 is 2.71 bits per heavy atom. The molecule has 1 aliphatic heterocycles. The number of rotatable bonds is 2. The van der Waals surface area contributed by atoms with Crippen LogP contribution < -0.4 is 4.90 Å².